The first kappa shape index (κ1) is 19.2. The molecule has 1 atom stereocenters. The van der Waals surface area contributed by atoms with Crippen LogP contribution < -0.4 is 5.32 Å². The van der Waals surface area contributed by atoms with Crippen LogP contribution in [0, 0.1) is 13.8 Å². The lowest BCUT2D eigenvalue weighted by Gasteiger charge is -2.10. The van der Waals surface area contributed by atoms with Crippen molar-refractivity contribution in [1.82, 2.24) is 15.2 Å². The number of aryl methyl sites for hydroxylation is 2. The van der Waals surface area contributed by atoms with Crippen LogP contribution in [0.4, 0.5) is 5.69 Å². The van der Waals surface area contributed by atoms with Gasteiger partial charge < -0.3 is 9.73 Å². The van der Waals surface area contributed by atoms with Crippen LogP contribution in [0.15, 0.2) is 27.8 Å². The van der Waals surface area contributed by atoms with Gasteiger partial charge in [0.15, 0.2) is 0 Å². The van der Waals surface area contributed by atoms with Crippen LogP contribution in [0.5, 0.6) is 0 Å². The average Bonchev–Trinajstić information content (AvgIpc) is 3.12. The number of halogens is 2. The van der Waals surface area contributed by atoms with Crippen LogP contribution >= 0.6 is 46.3 Å². The number of hydrogen-bond donors (Lipinski definition) is 1. The number of carbonyl (C=O) groups excluding carboxylic acids is 1. The zero-order valence-electron chi connectivity index (χ0n) is 14.0. The number of hydrogen-bond acceptors (Lipinski definition) is 7. The predicted octanol–water partition coefficient (Wildman–Crippen LogP) is 5.24. The van der Waals surface area contributed by atoms with Crippen LogP contribution in [0.25, 0.3) is 10.8 Å². The van der Waals surface area contributed by atoms with E-state index in [0.29, 0.717) is 26.8 Å². The second kappa shape index (κ2) is 7.96. The van der Waals surface area contributed by atoms with E-state index in [1.165, 1.54) is 23.1 Å². The van der Waals surface area contributed by atoms with Crippen molar-refractivity contribution in [3.63, 3.8) is 0 Å². The van der Waals surface area contributed by atoms with Crippen LogP contribution in [-0.4, -0.2) is 26.3 Å². The molecule has 0 spiro atoms. The van der Waals surface area contributed by atoms with Crippen LogP contribution in [0.2, 0.25) is 10.0 Å². The molecule has 2 aromatic heterocycles. The SMILES string of the molecule is Cc1nc(C)c(-c2nnc(S[C@@H](C)C(=O)Nc3cc(Cl)cc(Cl)c3)o2)s1. The molecule has 0 aliphatic carbocycles. The monoisotopic (exact) mass is 428 g/mol. The number of nitrogens with one attached hydrogen (secondary N) is 1. The maximum atomic E-state index is 12.4. The summed E-state index contributed by atoms with van der Waals surface area (Å²) in [6.07, 6.45) is 0. The van der Waals surface area contributed by atoms with Crippen molar-refractivity contribution in [2.24, 2.45) is 0 Å². The van der Waals surface area contributed by atoms with E-state index in [-0.39, 0.29) is 5.91 Å². The molecular formula is C16H14Cl2N4O2S2. The van der Waals surface area contributed by atoms with E-state index in [0.717, 1.165) is 15.6 Å². The van der Waals surface area contributed by atoms with Crippen molar-refractivity contribution in [3.8, 4) is 10.8 Å². The first-order valence-corrected chi connectivity index (χ1v) is 9.98. The summed E-state index contributed by atoms with van der Waals surface area (Å²) in [7, 11) is 0. The van der Waals surface area contributed by atoms with Crippen molar-refractivity contribution in [2.45, 2.75) is 31.2 Å². The summed E-state index contributed by atoms with van der Waals surface area (Å²) in [6, 6.07) is 4.85. The largest absolute Gasteiger partial charge is 0.410 e. The Morgan fingerprint density at radius 3 is 2.54 bits per heavy atom. The smallest absolute Gasteiger partial charge is 0.277 e. The number of aromatic nitrogens is 3. The molecule has 1 amide bonds. The average molecular weight is 429 g/mol. The van der Waals surface area contributed by atoms with E-state index < -0.39 is 5.25 Å². The fraction of sp³-hybridized carbons (Fsp3) is 0.250. The number of amides is 1. The normalized spacial score (nSPS) is 12.2. The van der Waals surface area contributed by atoms with Gasteiger partial charge in [-0.05, 0) is 39.0 Å². The van der Waals surface area contributed by atoms with Gasteiger partial charge in [0.05, 0.1) is 16.0 Å². The standard InChI is InChI=1S/C16H14Cl2N4O2S2/c1-7-13(26-9(3)19-7)15-21-22-16(24-15)25-8(2)14(23)20-12-5-10(17)4-11(18)6-12/h4-6,8H,1-3H3,(H,20,23)/t8-/m0/s1. The molecule has 1 N–H and O–H groups in total. The zero-order valence-corrected chi connectivity index (χ0v) is 17.2. The Labute approximate surface area is 168 Å². The highest BCUT2D eigenvalue weighted by atomic mass is 35.5. The second-order valence-electron chi connectivity index (χ2n) is 5.43. The molecule has 0 saturated heterocycles. The molecule has 6 nitrogen and oxygen atoms in total. The molecule has 3 rings (SSSR count). The van der Waals surface area contributed by atoms with Crippen molar-refractivity contribution >= 4 is 57.9 Å². The third-order valence-electron chi connectivity index (χ3n) is 3.28. The van der Waals surface area contributed by atoms with Crippen LogP contribution in [0.3, 0.4) is 0 Å². The highest BCUT2D eigenvalue weighted by molar-refractivity contribution is 8.00. The Balaban J connectivity index is 1.67. The van der Waals surface area contributed by atoms with Gasteiger partial charge in [-0.2, -0.15) is 0 Å². The molecule has 1 aromatic carbocycles. The molecule has 0 saturated carbocycles. The predicted molar refractivity (Wildman–Crippen MR) is 105 cm³/mol. The minimum absolute atomic E-state index is 0.224. The Kier molecular flexibility index (Phi) is 5.86. The minimum Gasteiger partial charge on any atom is -0.410 e. The fourth-order valence-electron chi connectivity index (χ4n) is 2.15. The zero-order chi connectivity index (χ0) is 18.8. The van der Waals surface area contributed by atoms with Gasteiger partial charge in [0.2, 0.25) is 5.91 Å². The summed E-state index contributed by atoms with van der Waals surface area (Å²) in [5.41, 5.74) is 1.37. The molecule has 0 bridgehead atoms. The van der Waals surface area contributed by atoms with Crippen molar-refractivity contribution in [3.05, 3.63) is 38.9 Å². The topological polar surface area (TPSA) is 80.9 Å². The molecular weight excluding hydrogens is 415 g/mol. The van der Waals surface area contributed by atoms with Gasteiger partial charge in [-0.25, -0.2) is 4.98 Å². The van der Waals surface area contributed by atoms with Crippen LogP contribution in [-0.2, 0) is 4.79 Å². The lowest BCUT2D eigenvalue weighted by Crippen LogP contribution is -2.22. The van der Waals surface area contributed by atoms with Gasteiger partial charge in [-0.1, -0.05) is 35.0 Å². The maximum Gasteiger partial charge on any atom is 0.277 e. The third-order valence-corrected chi connectivity index (χ3v) is 5.71. The van der Waals surface area contributed by atoms with Crippen molar-refractivity contribution in [2.75, 3.05) is 5.32 Å². The highest BCUT2D eigenvalue weighted by Crippen LogP contribution is 2.32. The summed E-state index contributed by atoms with van der Waals surface area (Å²) < 4.78 is 5.66. The van der Waals surface area contributed by atoms with E-state index in [1.807, 2.05) is 13.8 Å². The Hall–Kier alpha value is -1.61. The van der Waals surface area contributed by atoms with Gasteiger partial charge in [0.1, 0.15) is 4.88 Å². The summed E-state index contributed by atoms with van der Waals surface area (Å²) in [4.78, 5) is 17.5. The molecule has 0 radical (unpaired) electrons. The fourth-order valence-corrected chi connectivity index (χ4v) is 4.20. The van der Waals surface area contributed by atoms with Gasteiger partial charge in [-0.15, -0.1) is 21.5 Å². The van der Waals surface area contributed by atoms with Crippen molar-refractivity contribution in [1.29, 1.82) is 0 Å². The Bertz CT molecular complexity index is 937. The highest BCUT2D eigenvalue weighted by Gasteiger charge is 2.20. The quantitative estimate of drug-likeness (QED) is 0.559. The number of benzene rings is 1. The number of rotatable bonds is 5. The lowest BCUT2D eigenvalue weighted by atomic mass is 10.3. The number of nitrogens with zero attached hydrogens (tertiary/aromatic N) is 3. The third kappa shape index (κ3) is 4.56. The maximum absolute atomic E-state index is 12.4. The first-order valence-electron chi connectivity index (χ1n) is 7.53. The summed E-state index contributed by atoms with van der Waals surface area (Å²) in [6.45, 7) is 5.56. The van der Waals surface area contributed by atoms with Gasteiger partial charge >= 0.3 is 0 Å². The number of thiazole rings is 1. The molecule has 26 heavy (non-hydrogen) atoms. The van der Waals surface area contributed by atoms with Gasteiger partial charge in [0.25, 0.3) is 11.1 Å². The summed E-state index contributed by atoms with van der Waals surface area (Å²) in [5, 5.41) is 12.5. The molecule has 0 unspecified atom stereocenters. The Morgan fingerprint density at radius 1 is 1.23 bits per heavy atom. The van der Waals surface area contributed by atoms with E-state index in [1.54, 1.807) is 25.1 Å². The van der Waals surface area contributed by atoms with E-state index >= 15 is 0 Å². The number of carbonyl (C=O) groups is 1. The molecule has 136 valence electrons. The molecule has 0 aliphatic rings. The summed E-state index contributed by atoms with van der Waals surface area (Å²) in [5.74, 6) is 0.183. The minimum atomic E-state index is -0.453. The molecule has 10 heteroatoms. The Morgan fingerprint density at radius 2 is 1.92 bits per heavy atom. The molecule has 0 aliphatic heterocycles. The number of anilines is 1. The number of thioether (sulfide) groups is 1. The summed E-state index contributed by atoms with van der Waals surface area (Å²) >= 11 is 14.5. The second-order valence-corrected chi connectivity index (χ2v) is 8.80. The molecule has 0 fully saturated rings. The van der Waals surface area contributed by atoms with E-state index in [2.05, 4.69) is 20.5 Å². The van der Waals surface area contributed by atoms with E-state index in [9.17, 15) is 4.79 Å². The first-order chi connectivity index (χ1) is 12.3. The van der Waals surface area contributed by atoms with Gasteiger partial charge in [0, 0.05) is 15.7 Å². The van der Waals surface area contributed by atoms with Gasteiger partial charge in [-0.3, -0.25) is 4.79 Å². The lowest BCUT2D eigenvalue weighted by molar-refractivity contribution is -0.115. The molecule has 3 aromatic rings. The van der Waals surface area contributed by atoms with Crippen molar-refractivity contribution < 1.29 is 9.21 Å². The van der Waals surface area contributed by atoms with E-state index in [4.69, 9.17) is 27.6 Å². The van der Waals surface area contributed by atoms with Crippen LogP contribution in [0.1, 0.15) is 17.6 Å². The molecule has 2 heterocycles.